The van der Waals surface area contributed by atoms with Crippen molar-refractivity contribution in [3.05, 3.63) is 80.5 Å². The first-order chi connectivity index (χ1) is 12.5. The van der Waals surface area contributed by atoms with Gasteiger partial charge in [0.15, 0.2) is 0 Å². The number of nitrogens with one attached hydrogen (secondary N) is 1. The van der Waals surface area contributed by atoms with E-state index in [1.54, 1.807) is 30.3 Å². The van der Waals surface area contributed by atoms with E-state index in [0.29, 0.717) is 17.1 Å². The molecule has 0 atom stereocenters. The molecule has 3 rings (SSSR count). The van der Waals surface area contributed by atoms with Crippen molar-refractivity contribution in [2.24, 2.45) is 4.99 Å². The van der Waals surface area contributed by atoms with Gasteiger partial charge >= 0.3 is 5.69 Å². The van der Waals surface area contributed by atoms with Crippen molar-refractivity contribution < 1.29 is 9.84 Å². The minimum atomic E-state index is -0.745. The molecule has 0 amide bonds. The minimum Gasteiger partial charge on any atom is -0.497 e. The van der Waals surface area contributed by atoms with Crippen LogP contribution in [0.25, 0.3) is 5.69 Å². The Balaban J connectivity index is 2.09. The lowest BCUT2D eigenvalue weighted by Crippen LogP contribution is -2.31. The third-order valence-corrected chi connectivity index (χ3v) is 3.80. The fourth-order valence-electron chi connectivity index (χ4n) is 2.47. The Morgan fingerprint density at radius 2 is 1.88 bits per heavy atom. The van der Waals surface area contributed by atoms with Gasteiger partial charge in [-0.15, -0.1) is 0 Å². The van der Waals surface area contributed by atoms with E-state index < -0.39 is 17.1 Å². The Labute approximate surface area is 148 Å². The summed E-state index contributed by atoms with van der Waals surface area (Å²) >= 11 is 0. The highest BCUT2D eigenvalue weighted by Crippen LogP contribution is 2.19. The molecule has 2 aromatic carbocycles. The van der Waals surface area contributed by atoms with Gasteiger partial charge in [-0.05, 0) is 48.9 Å². The summed E-state index contributed by atoms with van der Waals surface area (Å²) in [5.74, 6) is 0.118. The van der Waals surface area contributed by atoms with Crippen LogP contribution in [0.4, 0.5) is 5.69 Å². The van der Waals surface area contributed by atoms with Gasteiger partial charge in [0.05, 0.1) is 18.5 Å². The second-order valence-corrected chi connectivity index (χ2v) is 5.63. The number of methoxy groups -OCH3 is 1. The molecule has 0 radical (unpaired) electrons. The quantitative estimate of drug-likeness (QED) is 0.705. The van der Waals surface area contributed by atoms with Gasteiger partial charge in [0.25, 0.3) is 5.56 Å². The lowest BCUT2D eigenvalue weighted by molar-refractivity contribution is 0.414. The molecular weight excluding hydrogens is 334 g/mol. The van der Waals surface area contributed by atoms with E-state index in [1.807, 2.05) is 25.1 Å². The third-order valence-electron chi connectivity index (χ3n) is 3.80. The van der Waals surface area contributed by atoms with Crippen molar-refractivity contribution in [2.45, 2.75) is 6.92 Å². The minimum absolute atomic E-state index is 0.109. The van der Waals surface area contributed by atoms with Crippen molar-refractivity contribution in [3.8, 4) is 17.3 Å². The molecule has 2 N–H and O–H groups in total. The number of aromatic amines is 1. The molecular formula is C19H17N3O4. The van der Waals surface area contributed by atoms with Gasteiger partial charge < -0.3 is 9.84 Å². The standard InChI is InChI=1S/C19H17N3O4/c1-12-4-3-5-13(10-12)20-11-16-17(23)21-19(25)22(18(16)24)14-6-8-15(26-2)9-7-14/h3-11,24H,1-2H3,(H,21,23,25). The average molecular weight is 351 g/mol. The number of aryl methyl sites for hydroxylation is 1. The second-order valence-electron chi connectivity index (χ2n) is 5.63. The molecule has 1 heterocycles. The fourth-order valence-corrected chi connectivity index (χ4v) is 2.47. The number of H-pyrrole nitrogens is 1. The number of aromatic hydroxyl groups is 1. The molecule has 0 spiro atoms. The van der Waals surface area contributed by atoms with Gasteiger partial charge in [0.1, 0.15) is 11.3 Å². The zero-order valence-electron chi connectivity index (χ0n) is 14.3. The second kappa shape index (κ2) is 7.10. The molecule has 0 aliphatic heterocycles. The summed E-state index contributed by atoms with van der Waals surface area (Å²) in [6.07, 6.45) is 1.24. The molecule has 0 bridgehead atoms. The predicted octanol–water partition coefficient (Wildman–Crippen LogP) is 2.30. The van der Waals surface area contributed by atoms with Crippen LogP contribution < -0.4 is 16.0 Å². The first-order valence-corrected chi connectivity index (χ1v) is 7.83. The van der Waals surface area contributed by atoms with Crippen LogP contribution in [0, 0.1) is 6.92 Å². The Hall–Kier alpha value is -3.61. The first kappa shape index (κ1) is 17.2. The first-order valence-electron chi connectivity index (χ1n) is 7.83. The summed E-state index contributed by atoms with van der Waals surface area (Å²) in [6, 6.07) is 13.9. The Morgan fingerprint density at radius 3 is 2.54 bits per heavy atom. The van der Waals surface area contributed by atoms with Crippen LogP contribution in [-0.2, 0) is 0 Å². The van der Waals surface area contributed by atoms with Crippen molar-refractivity contribution in [1.82, 2.24) is 9.55 Å². The molecule has 0 saturated carbocycles. The molecule has 132 valence electrons. The summed E-state index contributed by atoms with van der Waals surface area (Å²) in [5.41, 5.74) is 0.461. The highest BCUT2D eigenvalue weighted by Gasteiger charge is 2.14. The maximum absolute atomic E-state index is 12.2. The lowest BCUT2D eigenvalue weighted by atomic mass is 10.2. The molecule has 7 nitrogen and oxygen atoms in total. The summed E-state index contributed by atoms with van der Waals surface area (Å²) < 4.78 is 6.08. The zero-order valence-corrected chi connectivity index (χ0v) is 14.3. The maximum atomic E-state index is 12.2. The van der Waals surface area contributed by atoms with Gasteiger partial charge in [0.2, 0.25) is 5.88 Å². The number of nitrogens with zero attached hydrogens (tertiary/aromatic N) is 2. The van der Waals surface area contributed by atoms with Gasteiger partial charge in [-0.3, -0.25) is 14.8 Å². The molecule has 0 aliphatic carbocycles. The van der Waals surface area contributed by atoms with E-state index in [9.17, 15) is 14.7 Å². The van der Waals surface area contributed by atoms with Crippen LogP contribution in [-0.4, -0.2) is 28.0 Å². The number of hydrogen-bond donors (Lipinski definition) is 2. The molecule has 26 heavy (non-hydrogen) atoms. The summed E-state index contributed by atoms with van der Waals surface area (Å²) in [7, 11) is 1.53. The maximum Gasteiger partial charge on any atom is 0.335 e. The molecule has 0 saturated heterocycles. The number of aromatic nitrogens is 2. The average Bonchev–Trinajstić information content (AvgIpc) is 2.62. The monoisotopic (exact) mass is 351 g/mol. The number of benzene rings is 2. The summed E-state index contributed by atoms with van der Waals surface area (Å²) in [6.45, 7) is 1.92. The van der Waals surface area contributed by atoms with Crippen LogP contribution in [0.15, 0.2) is 63.1 Å². The van der Waals surface area contributed by atoms with Crippen LogP contribution >= 0.6 is 0 Å². The van der Waals surface area contributed by atoms with E-state index in [4.69, 9.17) is 4.74 Å². The zero-order chi connectivity index (χ0) is 18.7. The van der Waals surface area contributed by atoms with Gasteiger partial charge in [-0.1, -0.05) is 12.1 Å². The van der Waals surface area contributed by atoms with Crippen molar-refractivity contribution >= 4 is 11.9 Å². The molecule has 0 unspecified atom stereocenters. The molecule has 0 fully saturated rings. The largest absolute Gasteiger partial charge is 0.497 e. The number of aliphatic imine (C=N–C) groups is 1. The van der Waals surface area contributed by atoms with E-state index in [-0.39, 0.29) is 5.56 Å². The number of rotatable bonds is 4. The predicted molar refractivity (Wildman–Crippen MR) is 99.3 cm³/mol. The Morgan fingerprint density at radius 1 is 1.15 bits per heavy atom. The van der Waals surface area contributed by atoms with Crippen LogP contribution in [0.3, 0.4) is 0 Å². The summed E-state index contributed by atoms with van der Waals surface area (Å²) in [4.78, 5) is 30.7. The van der Waals surface area contributed by atoms with Crippen LogP contribution in [0.2, 0.25) is 0 Å². The van der Waals surface area contributed by atoms with E-state index in [2.05, 4.69) is 9.98 Å². The SMILES string of the molecule is COc1ccc(-n2c(O)c(C=Nc3cccc(C)c3)c(=O)[nH]c2=O)cc1. The van der Waals surface area contributed by atoms with Crippen LogP contribution in [0.5, 0.6) is 11.6 Å². The highest BCUT2D eigenvalue weighted by atomic mass is 16.5. The third kappa shape index (κ3) is 3.41. The molecule has 0 aliphatic rings. The van der Waals surface area contributed by atoms with E-state index >= 15 is 0 Å². The fraction of sp³-hybridized carbons (Fsp3) is 0.105. The van der Waals surface area contributed by atoms with Gasteiger partial charge in [-0.2, -0.15) is 0 Å². The van der Waals surface area contributed by atoms with Crippen molar-refractivity contribution in [2.75, 3.05) is 7.11 Å². The smallest absolute Gasteiger partial charge is 0.335 e. The summed E-state index contributed by atoms with van der Waals surface area (Å²) in [5, 5.41) is 10.5. The number of hydrogen-bond acceptors (Lipinski definition) is 5. The Kier molecular flexibility index (Phi) is 4.70. The van der Waals surface area contributed by atoms with Gasteiger partial charge in [-0.25, -0.2) is 9.36 Å². The highest BCUT2D eigenvalue weighted by molar-refractivity contribution is 5.84. The topological polar surface area (TPSA) is 96.7 Å². The van der Waals surface area contributed by atoms with Crippen molar-refractivity contribution in [1.29, 1.82) is 0 Å². The lowest BCUT2D eigenvalue weighted by Gasteiger charge is -2.10. The van der Waals surface area contributed by atoms with Crippen LogP contribution in [0.1, 0.15) is 11.1 Å². The van der Waals surface area contributed by atoms with E-state index in [0.717, 1.165) is 10.1 Å². The van der Waals surface area contributed by atoms with Gasteiger partial charge in [0, 0.05) is 6.21 Å². The normalized spacial score (nSPS) is 11.0. The molecule has 3 aromatic rings. The van der Waals surface area contributed by atoms with Crippen molar-refractivity contribution in [3.63, 3.8) is 0 Å². The Bertz CT molecular complexity index is 1080. The molecule has 7 heteroatoms. The molecule has 1 aromatic heterocycles. The van der Waals surface area contributed by atoms with E-state index in [1.165, 1.54) is 13.3 Å². The number of ether oxygens (including phenoxy) is 1.